The third kappa shape index (κ3) is 2.06. The first-order valence-electron chi connectivity index (χ1n) is 5.02. The molecule has 2 rings (SSSR count). The van der Waals surface area contributed by atoms with Crippen LogP contribution in [0.3, 0.4) is 0 Å². The van der Waals surface area contributed by atoms with Gasteiger partial charge in [-0.05, 0) is 25.1 Å². The number of rotatable bonds is 2. The minimum absolute atomic E-state index is 0.147. The van der Waals surface area contributed by atoms with E-state index in [1.165, 1.54) is 12.1 Å². The Balaban J connectivity index is 2.30. The summed E-state index contributed by atoms with van der Waals surface area (Å²) in [7, 11) is 0. The van der Waals surface area contributed by atoms with Crippen molar-refractivity contribution in [1.82, 2.24) is 0 Å². The van der Waals surface area contributed by atoms with Gasteiger partial charge in [0.1, 0.15) is 5.82 Å². The summed E-state index contributed by atoms with van der Waals surface area (Å²) in [4.78, 5) is 0. The number of nitrogens with two attached hydrogens (primary N) is 1. The van der Waals surface area contributed by atoms with Crippen molar-refractivity contribution in [2.45, 2.75) is 18.8 Å². The average molecular weight is 246 g/mol. The van der Waals surface area contributed by atoms with E-state index in [1.54, 1.807) is 13.0 Å². The Morgan fingerprint density at radius 3 is 2.94 bits per heavy atom. The molecule has 2 atom stereocenters. The molecule has 0 radical (unpaired) electrons. The topological polar surface area (TPSA) is 44.5 Å². The van der Waals surface area contributed by atoms with E-state index in [4.69, 9.17) is 26.8 Å². The molecule has 1 fully saturated rings. The minimum atomic E-state index is -0.936. The molecule has 1 aromatic rings. The smallest absolute Gasteiger partial charge is 0.193 e. The first kappa shape index (κ1) is 11.8. The number of ether oxygens (including phenoxy) is 2. The zero-order valence-corrected chi connectivity index (χ0v) is 9.63. The SMILES string of the molecule is CC1(c2ccc(F)cc2Cl)OCC(CN)O1. The maximum absolute atomic E-state index is 12.9. The van der Waals surface area contributed by atoms with Crippen LogP contribution in [0.25, 0.3) is 0 Å². The minimum Gasteiger partial charge on any atom is -0.343 e. The van der Waals surface area contributed by atoms with Crippen LogP contribution in [0.15, 0.2) is 18.2 Å². The third-order valence-electron chi connectivity index (χ3n) is 2.62. The summed E-state index contributed by atoms with van der Waals surface area (Å²) in [6.07, 6.45) is -0.147. The lowest BCUT2D eigenvalue weighted by Crippen LogP contribution is -2.27. The molecular formula is C11H13ClFNO2. The summed E-state index contributed by atoms with van der Waals surface area (Å²) in [6.45, 7) is 2.55. The van der Waals surface area contributed by atoms with E-state index >= 15 is 0 Å². The molecule has 0 aliphatic carbocycles. The molecule has 2 N–H and O–H groups in total. The first-order valence-corrected chi connectivity index (χ1v) is 5.40. The van der Waals surface area contributed by atoms with E-state index in [0.717, 1.165) is 0 Å². The molecular weight excluding hydrogens is 233 g/mol. The van der Waals surface area contributed by atoms with Crippen molar-refractivity contribution in [3.63, 3.8) is 0 Å². The van der Waals surface area contributed by atoms with Gasteiger partial charge in [0, 0.05) is 12.1 Å². The van der Waals surface area contributed by atoms with Gasteiger partial charge in [-0.3, -0.25) is 0 Å². The van der Waals surface area contributed by atoms with Crippen molar-refractivity contribution >= 4 is 11.6 Å². The number of hydrogen-bond donors (Lipinski definition) is 1. The largest absolute Gasteiger partial charge is 0.343 e. The molecule has 0 aromatic heterocycles. The normalized spacial score (nSPS) is 29.6. The first-order chi connectivity index (χ1) is 7.55. The van der Waals surface area contributed by atoms with Crippen LogP contribution in [0.4, 0.5) is 4.39 Å². The molecule has 3 nitrogen and oxygen atoms in total. The Labute approximate surface area is 98.3 Å². The van der Waals surface area contributed by atoms with Crippen LogP contribution in [0.2, 0.25) is 5.02 Å². The van der Waals surface area contributed by atoms with Gasteiger partial charge in [0.15, 0.2) is 5.79 Å². The molecule has 1 aliphatic heterocycles. The van der Waals surface area contributed by atoms with E-state index in [9.17, 15) is 4.39 Å². The van der Waals surface area contributed by atoms with Crippen molar-refractivity contribution in [2.24, 2.45) is 5.73 Å². The Kier molecular flexibility index (Phi) is 3.17. The molecule has 0 bridgehead atoms. The van der Waals surface area contributed by atoms with Crippen LogP contribution >= 0.6 is 11.6 Å². The summed E-state index contributed by atoms with van der Waals surface area (Å²) >= 11 is 5.96. The van der Waals surface area contributed by atoms with E-state index in [2.05, 4.69) is 0 Å². The van der Waals surface area contributed by atoms with Crippen LogP contribution in [0, 0.1) is 5.82 Å². The van der Waals surface area contributed by atoms with Gasteiger partial charge in [-0.2, -0.15) is 0 Å². The fraction of sp³-hybridized carbons (Fsp3) is 0.455. The predicted molar refractivity (Wildman–Crippen MR) is 58.6 cm³/mol. The zero-order chi connectivity index (χ0) is 11.8. The van der Waals surface area contributed by atoms with Crippen LogP contribution < -0.4 is 5.73 Å². The van der Waals surface area contributed by atoms with Crippen LogP contribution in [0.1, 0.15) is 12.5 Å². The summed E-state index contributed by atoms with van der Waals surface area (Å²) in [5.74, 6) is -1.32. The molecule has 1 aliphatic rings. The average Bonchev–Trinajstić information content (AvgIpc) is 2.61. The lowest BCUT2D eigenvalue weighted by atomic mass is 10.1. The van der Waals surface area contributed by atoms with Gasteiger partial charge in [-0.1, -0.05) is 11.6 Å². The van der Waals surface area contributed by atoms with E-state index in [1.807, 2.05) is 0 Å². The van der Waals surface area contributed by atoms with E-state index in [-0.39, 0.29) is 11.9 Å². The van der Waals surface area contributed by atoms with Gasteiger partial charge < -0.3 is 15.2 Å². The maximum Gasteiger partial charge on any atom is 0.193 e. The van der Waals surface area contributed by atoms with E-state index < -0.39 is 5.79 Å². The Morgan fingerprint density at radius 1 is 1.62 bits per heavy atom. The zero-order valence-electron chi connectivity index (χ0n) is 8.87. The molecule has 5 heteroatoms. The molecule has 16 heavy (non-hydrogen) atoms. The molecule has 1 aromatic carbocycles. The molecule has 0 saturated carbocycles. The van der Waals surface area contributed by atoms with Crippen molar-refractivity contribution in [3.05, 3.63) is 34.6 Å². The van der Waals surface area contributed by atoms with Crippen molar-refractivity contribution in [1.29, 1.82) is 0 Å². The molecule has 1 heterocycles. The molecule has 88 valence electrons. The Bertz CT molecular complexity index is 402. The van der Waals surface area contributed by atoms with Gasteiger partial charge in [-0.25, -0.2) is 4.39 Å². The fourth-order valence-corrected chi connectivity index (χ4v) is 2.09. The standard InChI is InChI=1S/C11H13ClFNO2/c1-11(15-6-8(5-14)16-11)9-3-2-7(13)4-10(9)12/h2-4,8H,5-6,14H2,1H3. The summed E-state index contributed by atoms with van der Waals surface area (Å²) in [5, 5.41) is 0.292. The van der Waals surface area contributed by atoms with Gasteiger partial charge in [0.05, 0.1) is 17.7 Å². The summed E-state index contributed by atoms with van der Waals surface area (Å²) in [5.41, 5.74) is 6.11. The predicted octanol–water partition coefficient (Wildman–Crippen LogP) is 2.03. The summed E-state index contributed by atoms with van der Waals surface area (Å²) in [6, 6.07) is 4.14. The second-order valence-corrected chi connectivity index (χ2v) is 4.26. The lowest BCUT2D eigenvalue weighted by molar-refractivity contribution is -0.160. The highest BCUT2D eigenvalue weighted by Crippen LogP contribution is 2.37. The van der Waals surface area contributed by atoms with Gasteiger partial charge in [-0.15, -0.1) is 0 Å². The highest BCUT2D eigenvalue weighted by atomic mass is 35.5. The van der Waals surface area contributed by atoms with E-state index in [0.29, 0.717) is 23.7 Å². The van der Waals surface area contributed by atoms with Crippen LogP contribution in [-0.4, -0.2) is 19.3 Å². The van der Waals surface area contributed by atoms with Crippen molar-refractivity contribution in [2.75, 3.05) is 13.2 Å². The molecule has 1 saturated heterocycles. The number of benzene rings is 1. The van der Waals surface area contributed by atoms with Crippen LogP contribution in [-0.2, 0) is 15.3 Å². The highest BCUT2D eigenvalue weighted by Gasteiger charge is 2.39. The monoisotopic (exact) mass is 245 g/mol. The molecule has 0 spiro atoms. The number of halogens is 2. The maximum atomic E-state index is 12.9. The van der Waals surface area contributed by atoms with Crippen molar-refractivity contribution in [3.8, 4) is 0 Å². The lowest BCUT2D eigenvalue weighted by Gasteiger charge is -2.24. The highest BCUT2D eigenvalue weighted by molar-refractivity contribution is 6.31. The summed E-state index contributed by atoms with van der Waals surface area (Å²) < 4.78 is 24.1. The fourth-order valence-electron chi connectivity index (χ4n) is 1.75. The van der Waals surface area contributed by atoms with Gasteiger partial charge in [0.25, 0.3) is 0 Å². The Morgan fingerprint density at radius 2 is 2.38 bits per heavy atom. The van der Waals surface area contributed by atoms with Gasteiger partial charge in [0.2, 0.25) is 0 Å². The van der Waals surface area contributed by atoms with Gasteiger partial charge >= 0.3 is 0 Å². The second-order valence-electron chi connectivity index (χ2n) is 3.86. The number of hydrogen-bond acceptors (Lipinski definition) is 3. The molecule has 2 unspecified atom stereocenters. The second kappa shape index (κ2) is 4.30. The molecule has 0 amide bonds. The quantitative estimate of drug-likeness (QED) is 0.867. The third-order valence-corrected chi connectivity index (χ3v) is 2.93. The van der Waals surface area contributed by atoms with Crippen LogP contribution in [0.5, 0.6) is 0 Å². The van der Waals surface area contributed by atoms with Crippen molar-refractivity contribution < 1.29 is 13.9 Å². The Hall–Kier alpha value is -0.680.